The highest BCUT2D eigenvalue weighted by Gasteiger charge is 2.49. The maximum Gasteiger partial charge on any atom is 0.256 e. The molecule has 0 saturated heterocycles. The van der Waals surface area contributed by atoms with Gasteiger partial charge in [0.05, 0.1) is 23.2 Å². The van der Waals surface area contributed by atoms with Crippen molar-refractivity contribution in [1.82, 2.24) is 14.9 Å². The van der Waals surface area contributed by atoms with Gasteiger partial charge >= 0.3 is 0 Å². The first-order valence-corrected chi connectivity index (χ1v) is 14.0. The number of H-pyrrole nitrogens is 1. The molecule has 7 heteroatoms. The number of halogens is 1. The van der Waals surface area contributed by atoms with Crippen LogP contribution in [0.15, 0.2) is 59.4 Å². The maximum absolute atomic E-state index is 13.4. The Bertz CT molecular complexity index is 1470. The molecule has 6 nitrogen and oxygen atoms in total. The van der Waals surface area contributed by atoms with Gasteiger partial charge in [-0.25, -0.2) is 4.98 Å². The lowest BCUT2D eigenvalue weighted by molar-refractivity contribution is -0.141. The summed E-state index contributed by atoms with van der Waals surface area (Å²) in [6, 6.07) is 15.4. The van der Waals surface area contributed by atoms with Crippen LogP contribution in [-0.2, 0) is 23.2 Å². The van der Waals surface area contributed by atoms with Gasteiger partial charge in [-0.15, -0.1) is 0 Å². The number of amides is 1. The molecule has 1 amide bonds. The van der Waals surface area contributed by atoms with Crippen molar-refractivity contribution in [2.75, 3.05) is 6.54 Å². The average Bonchev–Trinajstić information content (AvgIpc) is 3.77. The number of carbonyl (C=O) groups excluding carboxylic acids is 1. The summed E-state index contributed by atoms with van der Waals surface area (Å²) in [5, 5.41) is 11.2. The van der Waals surface area contributed by atoms with Crippen LogP contribution in [0.1, 0.15) is 84.8 Å². The van der Waals surface area contributed by atoms with E-state index in [1.165, 1.54) is 29.5 Å². The van der Waals surface area contributed by atoms with Crippen LogP contribution in [0.2, 0.25) is 5.02 Å². The van der Waals surface area contributed by atoms with Crippen molar-refractivity contribution < 1.29 is 9.90 Å². The number of nitrogens with one attached hydrogen (secondary N) is 1. The zero-order valence-corrected chi connectivity index (χ0v) is 22.1. The van der Waals surface area contributed by atoms with E-state index in [0.717, 1.165) is 37.2 Å². The lowest BCUT2D eigenvalue weighted by atomic mass is 9.88. The van der Waals surface area contributed by atoms with E-state index in [0.29, 0.717) is 35.5 Å². The predicted molar refractivity (Wildman–Crippen MR) is 148 cm³/mol. The molecule has 2 heterocycles. The standard InChI is InChI=1S/C31H32ClN3O3/c32-24-12-5-10-22(18-24)27(36)29(38)35-16-6-13-26-25(19-35)28(37)34-30(33-26)31(14-15-31)23-11-4-9-21(17-23)20-7-2-1-3-8-20/h4-5,7,9-12,17-18,27,36H,1-3,6,8,13-16,19H2,(H,33,34,37)/t27-/m1/s1. The summed E-state index contributed by atoms with van der Waals surface area (Å²) in [6.07, 6.45) is 8.98. The molecule has 2 aromatic carbocycles. The number of benzene rings is 2. The van der Waals surface area contributed by atoms with Gasteiger partial charge < -0.3 is 15.0 Å². The second kappa shape index (κ2) is 10.2. The van der Waals surface area contributed by atoms with Crippen molar-refractivity contribution in [2.24, 2.45) is 0 Å². The molecule has 6 rings (SSSR count). The summed E-state index contributed by atoms with van der Waals surface area (Å²) < 4.78 is 0. The summed E-state index contributed by atoms with van der Waals surface area (Å²) in [5.41, 5.74) is 5.16. The van der Waals surface area contributed by atoms with Crippen molar-refractivity contribution >= 4 is 23.1 Å². The second-order valence-electron chi connectivity index (χ2n) is 10.8. The molecule has 0 radical (unpaired) electrons. The molecule has 1 saturated carbocycles. The molecular formula is C31H32ClN3O3. The van der Waals surface area contributed by atoms with Crippen LogP contribution in [-0.4, -0.2) is 32.4 Å². The largest absolute Gasteiger partial charge is 0.378 e. The molecule has 0 spiro atoms. The number of allylic oxidation sites excluding steroid dienone is 2. The second-order valence-corrected chi connectivity index (χ2v) is 11.2. The van der Waals surface area contributed by atoms with Crippen molar-refractivity contribution in [3.05, 3.63) is 104 Å². The average molecular weight is 530 g/mol. The Kier molecular flexibility index (Phi) is 6.70. The molecule has 0 bridgehead atoms. The Morgan fingerprint density at radius 2 is 1.92 bits per heavy atom. The highest BCUT2D eigenvalue weighted by molar-refractivity contribution is 6.30. The molecule has 0 unspecified atom stereocenters. The first-order chi connectivity index (χ1) is 18.4. The molecule has 2 aliphatic carbocycles. The molecule has 1 atom stereocenters. The SMILES string of the molecule is O=C([C@H](O)c1cccc(Cl)c1)N1CCCc2nc(C3(c4cccc(C5=CCCCC5)c4)CC3)[nH]c(=O)c2C1. The van der Waals surface area contributed by atoms with E-state index in [-0.39, 0.29) is 17.5 Å². The Balaban J connectivity index is 1.27. The molecule has 3 aromatic rings. The summed E-state index contributed by atoms with van der Waals surface area (Å²) in [5.74, 6) is 0.297. The Morgan fingerprint density at radius 1 is 1.08 bits per heavy atom. The van der Waals surface area contributed by atoms with Gasteiger partial charge in [0.15, 0.2) is 6.10 Å². The van der Waals surface area contributed by atoms with Gasteiger partial charge in [0.1, 0.15) is 5.82 Å². The van der Waals surface area contributed by atoms with Gasteiger partial charge in [0.25, 0.3) is 11.5 Å². The highest BCUT2D eigenvalue weighted by atomic mass is 35.5. The number of aromatic nitrogens is 2. The normalized spacial score (nSPS) is 19.2. The number of carbonyl (C=O) groups is 1. The fourth-order valence-electron chi connectivity index (χ4n) is 5.93. The predicted octanol–water partition coefficient (Wildman–Crippen LogP) is 5.47. The third kappa shape index (κ3) is 4.72. The van der Waals surface area contributed by atoms with E-state index in [9.17, 15) is 14.7 Å². The quantitative estimate of drug-likeness (QED) is 0.459. The zero-order valence-electron chi connectivity index (χ0n) is 21.4. The molecule has 2 N–H and O–H groups in total. The number of aromatic amines is 1. The number of hydrogen-bond donors (Lipinski definition) is 2. The zero-order chi connectivity index (χ0) is 26.3. The third-order valence-electron chi connectivity index (χ3n) is 8.28. The van der Waals surface area contributed by atoms with Crippen molar-refractivity contribution in [3.8, 4) is 0 Å². The summed E-state index contributed by atoms with van der Waals surface area (Å²) in [6.45, 7) is 0.578. The van der Waals surface area contributed by atoms with Gasteiger partial charge in [0, 0.05) is 11.6 Å². The van der Waals surface area contributed by atoms with Gasteiger partial charge in [-0.3, -0.25) is 9.59 Å². The minimum Gasteiger partial charge on any atom is -0.378 e. The van der Waals surface area contributed by atoms with Crippen LogP contribution >= 0.6 is 11.6 Å². The first-order valence-electron chi connectivity index (χ1n) is 13.6. The summed E-state index contributed by atoms with van der Waals surface area (Å²) in [4.78, 5) is 36.2. The van der Waals surface area contributed by atoms with E-state index in [1.807, 2.05) is 0 Å². The molecule has 1 aliphatic heterocycles. The molecular weight excluding hydrogens is 498 g/mol. The highest BCUT2D eigenvalue weighted by Crippen LogP contribution is 2.52. The smallest absolute Gasteiger partial charge is 0.256 e. The topological polar surface area (TPSA) is 86.3 Å². The van der Waals surface area contributed by atoms with Crippen molar-refractivity contribution in [2.45, 2.75) is 69.4 Å². The summed E-state index contributed by atoms with van der Waals surface area (Å²) >= 11 is 6.05. The number of rotatable bonds is 5. The van der Waals surface area contributed by atoms with E-state index >= 15 is 0 Å². The fourth-order valence-corrected chi connectivity index (χ4v) is 6.13. The Morgan fingerprint density at radius 3 is 2.68 bits per heavy atom. The number of aliphatic hydroxyl groups is 1. The van der Waals surface area contributed by atoms with Gasteiger partial charge in [-0.2, -0.15) is 0 Å². The van der Waals surface area contributed by atoms with Crippen LogP contribution < -0.4 is 5.56 Å². The van der Waals surface area contributed by atoms with Crippen LogP contribution in [0.5, 0.6) is 0 Å². The van der Waals surface area contributed by atoms with Crippen molar-refractivity contribution in [1.29, 1.82) is 0 Å². The van der Waals surface area contributed by atoms with E-state index < -0.39 is 12.0 Å². The maximum atomic E-state index is 13.4. The molecule has 38 heavy (non-hydrogen) atoms. The molecule has 1 aromatic heterocycles. The van der Waals surface area contributed by atoms with Crippen LogP contribution in [0.25, 0.3) is 5.57 Å². The van der Waals surface area contributed by atoms with Gasteiger partial charge in [-0.1, -0.05) is 54.1 Å². The number of fused-ring (bicyclic) bond motifs is 1. The summed E-state index contributed by atoms with van der Waals surface area (Å²) in [7, 11) is 0. The minimum absolute atomic E-state index is 0.130. The van der Waals surface area contributed by atoms with E-state index in [4.69, 9.17) is 16.6 Å². The third-order valence-corrected chi connectivity index (χ3v) is 8.52. The molecule has 1 fully saturated rings. The molecule has 196 valence electrons. The van der Waals surface area contributed by atoms with Crippen molar-refractivity contribution in [3.63, 3.8) is 0 Å². The lowest BCUT2D eigenvalue weighted by Crippen LogP contribution is -2.36. The Labute approximate surface area is 227 Å². The number of aliphatic hydroxyl groups excluding tert-OH is 1. The first kappa shape index (κ1) is 25.1. The van der Waals surface area contributed by atoms with E-state index in [2.05, 4.69) is 35.3 Å². The minimum atomic E-state index is -1.33. The van der Waals surface area contributed by atoms with E-state index in [1.54, 1.807) is 29.2 Å². The lowest BCUT2D eigenvalue weighted by Gasteiger charge is -2.24. The van der Waals surface area contributed by atoms with Gasteiger partial charge in [-0.05, 0) is 85.8 Å². The van der Waals surface area contributed by atoms with Crippen LogP contribution in [0.4, 0.5) is 0 Å². The van der Waals surface area contributed by atoms with Crippen LogP contribution in [0.3, 0.4) is 0 Å². The molecule has 3 aliphatic rings. The van der Waals surface area contributed by atoms with Gasteiger partial charge in [0.2, 0.25) is 0 Å². The fraction of sp³-hybridized carbons (Fsp3) is 0.387. The van der Waals surface area contributed by atoms with Crippen LogP contribution in [0, 0.1) is 0 Å². The number of aryl methyl sites for hydroxylation is 1. The number of nitrogens with zero attached hydrogens (tertiary/aromatic N) is 2. The Hall–Kier alpha value is -3.22. The number of hydrogen-bond acceptors (Lipinski definition) is 4. The monoisotopic (exact) mass is 529 g/mol.